The Hall–Kier alpha value is -0.795. The fraction of sp³-hybridized carbons (Fsp3) is 0.900. The van der Waals surface area contributed by atoms with Crippen molar-refractivity contribution in [3.8, 4) is 0 Å². The van der Waals surface area contributed by atoms with Crippen molar-refractivity contribution in [2.45, 2.75) is 233 Å². The molecule has 0 aliphatic carbocycles. The van der Waals surface area contributed by atoms with E-state index in [2.05, 4.69) is 27.7 Å². The zero-order valence-electron chi connectivity index (χ0n) is 32.4. The van der Waals surface area contributed by atoms with Gasteiger partial charge in [0.15, 0.2) is 0 Å². The van der Waals surface area contributed by atoms with Crippen molar-refractivity contribution in [3.05, 3.63) is 0 Å². The summed E-state index contributed by atoms with van der Waals surface area (Å²) in [5, 5.41) is 40.1. The van der Waals surface area contributed by atoms with Crippen molar-refractivity contribution < 1.29 is 79.5 Å². The van der Waals surface area contributed by atoms with Crippen LogP contribution in [-0.4, -0.2) is 23.9 Å². The van der Waals surface area contributed by atoms with Gasteiger partial charge in [0, 0.05) is 23.9 Å². The van der Waals surface area contributed by atoms with Crippen molar-refractivity contribution in [2.24, 2.45) is 0 Å². The van der Waals surface area contributed by atoms with Gasteiger partial charge in [-0.2, -0.15) is 0 Å². The number of rotatable bonds is 32. The Balaban J connectivity index is -0.000000174. The molecule has 0 saturated carbocycles. The van der Waals surface area contributed by atoms with Gasteiger partial charge in [0.1, 0.15) is 0 Å². The standard InChI is InChI=1S/4C10H20O2.Th/c4*1-2-3-4-5-6-7-8-9-10(11)12;/h4*2-9H2,1H3,(H,11,12);/q;;;;+4/p-4. The maximum atomic E-state index is 10.0. The Morgan fingerprint density at radius 2 is 0.388 bits per heavy atom. The summed E-state index contributed by atoms with van der Waals surface area (Å²) in [6.45, 7) is 8.76. The largest absolute Gasteiger partial charge is 4.00 e. The summed E-state index contributed by atoms with van der Waals surface area (Å²) in [7, 11) is 0. The molecule has 0 aliphatic heterocycles. The number of hydrogen-bond acceptors (Lipinski definition) is 8. The van der Waals surface area contributed by atoms with E-state index in [1.807, 2.05) is 0 Å². The van der Waals surface area contributed by atoms with E-state index in [4.69, 9.17) is 0 Å². The molecule has 0 unspecified atom stereocenters. The molecule has 0 heterocycles. The molecular formula is C40H76O8Th. The first-order valence-electron chi connectivity index (χ1n) is 19.9. The van der Waals surface area contributed by atoms with Crippen molar-refractivity contribution in [3.63, 3.8) is 0 Å². The summed E-state index contributed by atoms with van der Waals surface area (Å²) in [6.07, 6.45) is 33.4. The van der Waals surface area contributed by atoms with E-state index in [1.54, 1.807) is 0 Å². The molecular weight excluding hydrogens is 840 g/mol. The second-order valence-electron chi connectivity index (χ2n) is 13.0. The van der Waals surface area contributed by atoms with Crippen LogP contribution >= 0.6 is 0 Å². The van der Waals surface area contributed by atoms with Gasteiger partial charge in [-0.05, 0) is 51.4 Å². The molecule has 0 aromatic carbocycles. The number of carbonyl (C=O) groups is 4. The molecule has 9 heteroatoms. The minimum atomic E-state index is -0.913. The number of carboxylic acid groups (broad SMARTS) is 4. The molecule has 0 bridgehead atoms. The summed E-state index contributed by atoms with van der Waals surface area (Å²) >= 11 is 0. The molecule has 0 radical (unpaired) electrons. The maximum Gasteiger partial charge on any atom is 4.00 e. The molecule has 0 saturated heterocycles. The predicted molar refractivity (Wildman–Crippen MR) is 190 cm³/mol. The van der Waals surface area contributed by atoms with Gasteiger partial charge in [-0.15, -0.1) is 0 Å². The maximum absolute atomic E-state index is 10.0. The Morgan fingerprint density at radius 3 is 0.510 bits per heavy atom. The van der Waals surface area contributed by atoms with Crippen LogP contribution in [0.2, 0.25) is 0 Å². The summed E-state index contributed by atoms with van der Waals surface area (Å²) < 4.78 is 0. The van der Waals surface area contributed by atoms with Crippen LogP contribution in [0.3, 0.4) is 0 Å². The predicted octanol–water partition coefficient (Wildman–Crippen LogP) is 7.51. The normalized spacial score (nSPS) is 9.88. The van der Waals surface area contributed by atoms with E-state index < -0.39 is 23.9 Å². The second kappa shape index (κ2) is 54.0. The molecule has 0 aromatic heterocycles. The van der Waals surface area contributed by atoms with Crippen LogP contribution in [0.15, 0.2) is 0 Å². The third-order valence-electron chi connectivity index (χ3n) is 7.94. The van der Waals surface area contributed by atoms with Crippen LogP contribution < -0.4 is 20.4 Å². The average Bonchev–Trinajstić information content (AvgIpc) is 3.03. The molecule has 0 amide bonds. The fourth-order valence-corrected chi connectivity index (χ4v) is 4.91. The number of hydrogen-bond donors (Lipinski definition) is 0. The fourth-order valence-electron chi connectivity index (χ4n) is 4.91. The minimum Gasteiger partial charge on any atom is -0.550 e. The van der Waals surface area contributed by atoms with Gasteiger partial charge in [-0.3, -0.25) is 0 Å². The van der Waals surface area contributed by atoms with Crippen LogP contribution in [-0.2, 0) is 19.2 Å². The van der Waals surface area contributed by atoms with Crippen LogP contribution in [0.5, 0.6) is 0 Å². The smallest absolute Gasteiger partial charge is 0.550 e. The van der Waals surface area contributed by atoms with Crippen molar-refractivity contribution in [1.82, 2.24) is 0 Å². The van der Waals surface area contributed by atoms with E-state index in [1.165, 1.54) is 128 Å². The quantitative estimate of drug-likeness (QED) is 0.0627. The van der Waals surface area contributed by atoms with Gasteiger partial charge in [0.2, 0.25) is 0 Å². The molecule has 0 rings (SSSR count). The third kappa shape index (κ3) is 77.8. The van der Waals surface area contributed by atoms with Gasteiger partial charge in [-0.1, -0.05) is 182 Å². The molecule has 288 valence electrons. The van der Waals surface area contributed by atoms with Gasteiger partial charge in [-0.25, -0.2) is 0 Å². The zero-order chi connectivity index (χ0) is 36.9. The van der Waals surface area contributed by atoms with Crippen molar-refractivity contribution in [2.75, 3.05) is 0 Å². The molecule has 0 aliphatic rings. The third-order valence-corrected chi connectivity index (χ3v) is 7.94. The van der Waals surface area contributed by atoms with Crippen molar-refractivity contribution >= 4 is 23.9 Å². The van der Waals surface area contributed by atoms with E-state index in [-0.39, 0.29) is 65.6 Å². The van der Waals surface area contributed by atoms with Crippen LogP contribution in [0, 0.1) is 39.9 Å². The molecule has 49 heavy (non-hydrogen) atoms. The summed E-state index contributed by atoms with van der Waals surface area (Å²) in [5.41, 5.74) is 0. The second-order valence-corrected chi connectivity index (χ2v) is 13.0. The van der Waals surface area contributed by atoms with Gasteiger partial charge < -0.3 is 39.6 Å². The Kier molecular flexibility index (Phi) is 63.4. The number of aliphatic carboxylic acids is 4. The van der Waals surface area contributed by atoms with E-state index >= 15 is 0 Å². The summed E-state index contributed by atoms with van der Waals surface area (Å²) in [5.74, 6) is -3.65. The van der Waals surface area contributed by atoms with E-state index in [0.717, 1.165) is 51.4 Å². The summed E-state index contributed by atoms with van der Waals surface area (Å²) in [4.78, 5) is 40.1. The topological polar surface area (TPSA) is 161 Å². The Morgan fingerprint density at radius 1 is 0.265 bits per heavy atom. The number of carboxylic acids is 4. The van der Waals surface area contributed by atoms with E-state index in [0.29, 0.717) is 0 Å². The van der Waals surface area contributed by atoms with Gasteiger partial charge in [0.05, 0.1) is 0 Å². The SMILES string of the molecule is CCCCCCCCCC(=O)[O-].CCCCCCCCCC(=O)[O-].CCCCCCCCCC(=O)[O-].CCCCCCCCCC(=O)[O-].[Th+4]. The van der Waals surface area contributed by atoms with Gasteiger partial charge in [0.25, 0.3) is 0 Å². The average molecular weight is 917 g/mol. The zero-order valence-corrected chi connectivity index (χ0v) is 36.5. The molecule has 0 N–H and O–H groups in total. The van der Waals surface area contributed by atoms with Crippen LogP contribution in [0.4, 0.5) is 0 Å². The first-order chi connectivity index (χ1) is 23.1. The Bertz CT molecular complexity index is 561. The van der Waals surface area contributed by atoms with Crippen LogP contribution in [0.1, 0.15) is 233 Å². The van der Waals surface area contributed by atoms with E-state index in [9.17, 15) is 39.6 Å². The molecule has 8 nitrogen and oxygen atoms in total. The monoisotopic (exact) mass is 917 g/mol. The number of carbonyl (C=O) groups excluding carboxylic acids is 4. The summed E-state index contributed by atoms with van der Waals surface area (Å²) in [6, 6.07) is 0. The van der Waals surface area contributed by atoms with Crippen molar-refractivity contribution in [1.29, 1.82) is 0 Å². The molecule has 0 spiro atoms. The molecule has 0 aromatic rings. The molecule has 0 atom stereocenters. The van der Waals surface area contributed by atoms with Gasteiger partial charge >= 0.3 is 39.9 Å². The first-order valence-corrected chi connectivity index (χ1v) is 19.9. The minimum absolute atomic E-state index is 0. The number of unbranched alkanes of at least 4 members (excludes halogenated alkanes) is 24. The Labute approximate surface area is 334 Å². The molecule has 0 fully saturated rings. The van der Waals surface area contributed by atoms with Crippen LogP contribution in [0.25, 0.3) is 0 Å². The first kappa shape index (κ1) is 57.5.